The highest BCUT2D eigenvalue weighted by Gasteiger charge is 1.57. The van der Waals surface area contributed by atoms with Crippen LogP contribution < -0.4 is 0 Å². The molecule has 0 saturated carbocycles. The second kappa shape index (κ2) is 3.76. The van der Waals surface area contributed by atoms with Crippen LogP contribution in [-0.4, -0.2) is 17.3 Å². The summed E-state index contributed by atoms with van der Waals surface area (Å²) in [5.74, 6) is 0.274. The predicted molar refractivity (Wildman–Crippen MR) is 21.0 cm³/mol. The molecule has 3 heteroatoms. The summed E-state index contributed by atoms with van der Waals surface area (Å²) in [5, 5.41) is 10.1. The van der Waals surface area contributed by atoms with E-state index in [0.717, 1.165) is 0 Å². The lowest BCUT2D eigenvalue weighted by atomic mass is 10.9. The first-order valence-electron chi connectivity index (χ1n) is 1.13. The predicted octanol–water partition coefficient (Wildman–Crippen LogP) is 0.685. The average molecular weight is 93.5 g/mol. The zero-order valence-electron chi connectivity index (χ0n) is 2.56. The van der Waals surface area contributed by atoms with Crippen molar-refractivity contribution in [1.82, 2.24) is 0 Å². The molecule has 0 radical (unpaired) electrons. The molecular weight excluding hydrogens is 89.5 g/mol. The van der Waals surface area contributed by atoms with Crippen molar-refractivity contribution in [3.8, 4) is 0 Å². The van der Waals surface area contributed by atoms with E-state index in [4.69, 9.17) is 16.8 Å². The van der Waals surface area contributed by atoms with Crippen LogP contribution in [0.3, 0.4) is 0 Å². The summed E-state index contributed by atoms with van der Waals surface area (Å²) in [7, 11) is 0. The van der Waals surface area contributed by atoms with Crippen molar-refractivity contribution < 1.29 is 5.21 Å². The molecule has 1 N–H and O–H groups in total. The van der Waals surface area contributed by atoms with Gasteiger partial charge in [0.05, 0.1) is 12.1 Å². The van der Waals surface area contributed by atoms with Crippen LogP contribution in [0.4, 0.5) is 0 Å². The Morgan fingerprint density at radius 1 is 2.00 bits per heavy atom. The summed E-state index contributed by atoms with van der Waals surface area (Å²) in [5.41, 5.74) is 0. The lowest BCUT2D eigenvalue weighted by molar-refractivity contribution is 0.321. The fourth-order valence-corrected chi connectivity index (χ4v) is 0.0926. The van der Waals surface area contributed by atoms with Gasteiger partial charge in [0.15, 0.2) is 0 Å². The van der Waals surface area contributed by atoms with Gasteiger partial charge in [-0.05, 0) is 0 Å². The molecule has 0 fully saturated rings. The Bertz CT molecular complexity index is 36.6. The first kappa shape index (κ1) is 4.76. The molecule has 0 aromatic carbocycles. The highest BCUT2D eigenvalue weighted by molar-refractivity contribution is 6.24. The topological polar surface area (TPSA) is 32.6 Å². The molecule has 0 saturated heterocycles. The van der Waals surface area contributed by atoms with Gasteiger partial charge in [0, 0.05) is 0 Å². The van der Waals surface area contributed by atoms with Gasteiger partial charge in [0.1, 0.15) is 0 Å². The third-order valence-corrected chi connectivity index (χ3v) is 0.289. The summed E-state index contributed by atoms with van der Waals surface area (Å²) in [6.07, 6.45) is 1.20. The minimum Gasteiger partial charge on any atom is -0.411 e. The largest absolute Gasteiger partial charge is 0.411 e. The first-order chi connectivity index (χ1) is 2.41. The Kier molecular flexibility index (Phi) is 3.58. The van der Waals surface area contributed by atoms with Crippen LogP contribution in [0.1, 0.15) is 0 Å². The van der Waals surface area contributed by atoms with Crippen molar-refractivity contribution in [2.75, 3.05) is 5.88 Å². The molecular formula is C2H4ClNO. The molecule has 2 nitrogen and oxygen atoms in total. The van der Waals surface area contributed by atoms with Crippen molar-refractivity contribution in [2.45, 2.75) is 0 Å². The molecule has 5 heavy (non-hydrogen) atoms. The normalized spacial score (nSPS) is 9.80. The Morgan fingerprint density at radius 3 is 2.60 bits per heavy atom. The van der Waals surface area contributed by atoms with Gasteiger partial charge in [-0.15, -0.1) is 16.8 Å². The Hall–Kier alpha value is -0.240. The minimum atomic E-state index is 0.274. The van der Waals surface area contributed by atoms with Crippen molar-refractivity contribution in [2.24, 2.45) is 5.16 Å². The molecule has 0 aliphatic heterocycles. The maximum atomic E-state index is 7.55. The number of oxime groups is 1. The molecule has 0 bridgehead atoms. The maximum absolute atomic E-state index is 7.55. The van der Waals surface area contributed by atoms with E-state index in [0.29, 0.717) is 0 Å². The van der Waals surface area contributed by atoms with E-state index in [1.165, 1.54) is 6.21 Å². The molecule has 0 rings (SSSR count). The molecule has 0 aromatic rings. The van der Waals surface area contributed by atoms with Crippen LogP contribution >= 0.6 is 11.6 Å². The summed E-state index contributed by atoms with van der Waals surface area (Å²) in [6, 6.07) is 0. The molecule has 0 aliphatic rings. The van der Waals surface area contributed by atoms with Gasteiger partial charge < -0.3 is 5.21 Å². The molecule has 0 unspecified atom stereocenters. The van der Waals surface area contributed by atoms with E-state index in [9.17, 15) is 0 Å². The van der Waals surface area contributed by atoms with E-state index in [1.54, 1.807) is 0 Å². The van der Waals surface area contributed by atoms with Crippen molar-refractivity contribution in [3.05, 3.63) is 0 Å². The highest BCUT2D eigenvalue weighted by Crippen LogP contribution is 1.62. The summed E-state index contributed by atoms with van der Waals surface area (Å²) in [4.78, 5) is 0. The zero-order chi connectivity index (χ0) is 4.12. The second-order valence-electron chi connectivity index (χ2n) is 0.452. The quantitative estimate of drug-likeness (QED) is 0.220. The average Bonchev–Trinajstić information content (AvgIpc) is 1.41. The minimum absolute atomic E-state index is 0.274. The molecule has 0 amide bonds. The van der Waals surface area contributed by atoms with Gasteiger partial charge in [-0.1, -0.05) is 0 Å². The molecule has 30 valence electrons. The van der Waals surface area contributed by atoms with E-state index in [2.05, 4.69) is 5.16 Å². The molecule has 0 aromatic heterocycles. The van der Waals surface area contributed by atoms with Gasteiger partial charge in [-0.25, -0.2) is 0 Å². The fraction of sp³-hybridized carbons (Fsp3) is 0.500. The van der Waals surface area contributed by atoms with Crippen LogP contribution in [0.5, 0.6) is 0 Å². The van der Waals surface area contributed by atoms with Gasteiger partial charge in [0.2, 0.25) is 0 Å². The number of alkyl halides is 1. The molecule has 0 aliphatic carbocycles. The van der Waals surface area contributed by atoms with E-state index in [-0.39, 0.29) is 5.88 Å². The second-order valence-corrected chi connectivity index (χ2v) is 0.761. The number of nitrogens with zero attached hydrogens (tertiary/aromatic N) is 1. The lowest BCUT2D eigenvalue weighted by Crippen LogP contribution is -1.67. The maximum Gasteiger partial charge on any atom is 0.0610 e. The van der Waals surface area contributed by atoms with Crippen LogP contribution in [-0.2, 0) is 0 Å². The number of rotatable bonds is 1. The van der Waals surface area contributed by atoms with Crippen molar-refractivity contribution >= 4 is 17.8 Å². The van der Waals surface area contributed by atoms with Crippen molar-refractivity contribution in [1.29, 1.82) is 0 Å². The Labute approximate surface area is 35.1 Å². The third-order valence-electron chi connectivity index (χ3n) is 0.151. The SMILES string of the molecule is O/N=C/CCl. The lowest BCUT2D eigenvalue weighted by Gasteiger charge is -1.63. The van der Waals surface area contributed by atoms with Crippen LogP contribution in [0.2, 0.25) is 0 Å². The smallest absolute Gasteiger partial charge is 0.0610 e. The highest BCUT2D eigenvalue weighted by atomic mass is 35.5. The van der Waals surface area contributed by atoms with E-state index >= 15 is 0 Å². The third kappa shape index (κ3) is 3.76. The number of hydrogen-bond acceptors (Lipinski definition) is 2. The van der Waals surface area contributed by atoms with Gasteiger partial charge in [-0.3, -0.25) is 0 Å². The summed E-state index contributed by atoms with van der Waals surface area (Å²) >= 11 is 4.99. The van der Waals surface area contributed by atoms with Crippen LogP contribution in [0.25, 0.3) is 0 Å². The molecule has 0 atom stereocenters. The number of halogens is 1. The first-order valence-corrected chi connectivity index (χ1v) is 1.67. The summed E-state index contributed by atoms with van der Waals surface area (Å²) < 4.78 is 0. The van der Waals surface area contributed by atoms with Crippen LogP contribution in [0.15, 0.2) is 5.16 Å². The van der Waals surface area contributed by atoms with E-state index < -0.39 is 0 Å². The number of hydrogen-bond donors (Lipinski definition) is 1. The molecule has 0 heterocycles. The van der Waals surface area contributed by atoms with Gasteiger partial charge in [0.25, 0.3) is 0 Å². The van der Waals surface area contributed by atoms with Gasteiger partial charge in [-0.2, -0.15) is 0 Å². The monoisotopic (exact) mass is 93.0 g/mol. The zero-order valence-corrected chi connectivity index (χ0v) is 3.31. The Balaban J connectivity index is 2.62. The Morgan fingerprint density at radius 2 is 2.60 bits per heavy atom. The van der Waals surface area contributed by atoms with Crippen LogP contribution in [0, 0.1) is 0 Å². The van der Waals surface area contributed by atoms with Crippen molar-refractivity contribution in [3.63, 3.8) is 0 Å². The standard InChI is InChI=1S/C2H4ClNO/c3-1-2-4-5/h2,5H,1H2/b4-2+. The van der Waals surface area contributed by atoms with Gasteiger partial charge >= 0.3 is 0 Å². The summed E-state index contributed by atoms with van der Waals surface area (Å²) in [6.45, 7) is 0. The van der Waals surface area contributed by atoms with E-state index in [1.807, 2.05) is 0 Å². The molecule has 0 spiro atoms. The fourth-order valence-electron chi connectivity index (χ4n) is 0.0309.